The van der Waals surface area contributed by atoms with Crippen molar-refractivity contribution in [1.82, 2.24) is 4.57 Å². The van der Waals surface area contributed by atoms with Gasteiger partial charge in [-0.2, -0.15) is 9.13 Å². The average Bonchev–Trinajstić information content (AvgIpc) is 3.34. The van der Waals surface area contributed by atoms with Crippen molar-refractivity contribution in [2.75, 3.05) is 0 Å². The highest BCUT2D eigenvalue weighted by Crippen LogP contribution is 2.37. The Kier molecular flexibility index (Phi) is 6.23. The summed E-state index contributed by atoms with van der Waals surface area (Å²) in [5.41, 5.74) is 13.3. The van der Waals surface area contributed by atoms with Crippen molar-refractivity contribution in [3.8, 4) is 45.0 Å². The Labute approximate surface area is 225 Å². The normalized spacial score (nSPS) is 11.0. The van der Waals surface area contributed by atoms with Crippen LogP contribution in [0.25, 0.3) is 45.0 Å². The molecule has 6 rings (SSSR count). The van der Waals surface area contributed by atoms with E-state index in [9.17, 15) is 0 Å². The SMILES string of the molecule is Cc1cc(C)c(-[n+]2cn(-c3ccccc3-c3ccccc3)c(-c3ccccc3)c2-c2ccccc2)c(C)c1. The molecule has 5 aromatic carbocycles. The van der Waals surface area contributed by atoms with Gasteiger partial charge in [-0.15, -0.1) is 0 Å². The van der Waals surface area contributed by atoms with E-state index in [1.165, 1.54) is 56.0 Å². The molecule has 6 aromatic rings. The first-order chi connectivity index (χ1) is 18.6. The zero-order valence-electron chi connectivity index (χ0n) is 22.1. The summed E-state index contributed by atoms with van der Waals surface area (Å²) in [6.07, 6.45) is 2.27. The van der Waals surface area contributed by atoms with E-state index in [0.29, 0.717) is 0 Å². The third kappa shape index (κ3) is 4.25. The smallest absolute Gasteiger partial charge is 0.193 e. The zero-order valence-corrected chi connectivity index (χ0v) is 22.1. The monoisotopic (exact) mass is 491 g/mol. The van der Waals surface area contributed by atoms with Crippen LogP contribution in [0.4, 0.5) is 0 Å². The quantitative estimate of drug-likeness (QED) is 0.213. The van der Waals surface area contributed by atoms with Crippen LogP contribution in [0.15, 0.2) is 134 Å². The van der Waals surface area contributed by atoms with Gasteiger partial charge in [0.05, 0.1) is 0 Å². The summed E-state index contributed by atoms with van der Waals surface area (Å²) in [5, 5.41) is 0. The van der Waals surface area contributed by atoms with Gasteiger partial charge in [0.15, 0.2) is 11.4 Å². The Bertz CT molecular complexity index is 1690. The number of nitrogens with zero attached hydrogens (tertiary/aromatic N) is 2. The van der Waals surface area contributed by atoms with Gasteiger partial charge in [-0.05, 0) is 43.5 Å². The summed E-state index contributed by atoms with van der Waals surface area (Å²) in [6, 6.07) is 45.4. The molecule has 0 saturated carbocycles. The molecule has 0 spiro atoms. The van der Waals surface area contributed by atoms with E-state index in [-0.39, 0.29) is 0 Å². The molecule has 1 aromatic heterocycles. The number of aryl methyl sites for hydroxylation is 3. The van der Waals surface area contributed by atoms with E-state index in [0.717, 1.165) is 5.69 Å². The number of rotatable bonds is 5. The van der Waals surface area contributed by atoms with Crippen LogP contribution in [0.1, 0.15) is 16.7 Å². The van der Waals surface area contributed by atoms with Gasteiger partial charge in [0, 0.05) is 16.7 Å². The first-order valence-corrected chi connectivity index (χ1v) is 13.1. The molecule has 38 heavy (non-hydrogen) atoms. The highest BCUT2D eigenvalue weighted by atomic mass is 15.2. The number of benzene rings is 5. The lowest BCUT2D eigenvalue weighted by molar-refractivity contribution is -0.584. The van der Waals surface area contributed by atoms with Crippen LogP contribution in [0.3, 0.4) is 0 Å². The largest absolute Gasteiger partial charge is 0.255 e. The number of imidazole rings is 1. The van der Waals surface area contributed by atoms with Crippen molar-refractivity contribution in [2.24, 2.45) is 0 Å². The number of hydrogen-bond donors (Lipinski definition) is 0. The predicted octanol–water partition coefficient (Wildman–Crippen LogP) is 8.68. The minimum Gasteiger partial charge on any atom is -0.193 e. The lowest BCUT2D eigenvalue weighted by Gasteiger charge is -2.11. The van der Waals surface area contributed by atoms with E-state index < -0.39 is 0 Å². The van der Waals surface area contributed by atoms with Crippen LogP contribution in [0.5, 0.6) is 0 Å². The Balaban J connectivity index is 1.76. The number of hydrogen-bond acceptors (Lipinski definition) is 0. The molecule has 0 atom stereocenters. The van der Waals surface area contributed by atoms with Crippen molar-refractivity contribution in [1.29, 1.82) is 0 Å². The standard InChI is InChI=1S/C36H31N2/c1-26-23-27(2)34(28(3)24-26)38-25-37(33-22-14-13-21-32(33)29-15-7-4-8-16-29)35(30-17-9-5-10-18-30)36(38)31-19-11-6-12-20-31/h4-25H,1-3H3/q+1. The maximum absolute atomic E-state index is 2.39. The third-order valence-corrected chi connectivity index (χ3v) is 7.16. The Morgan fingerprint density at radius 1 is 0.526 bits per heavy atom. The van der Waals surface area contributed by atoms with Gasteiger partial charge in [0.25, 0.3) is 6.33 Å². The molecular weight excluding hydrogens is 460 g/mol. The number of para-hydroxylation sites is 1. The van der Waals surface area contributed by atoms with Crippen molar-refractivity contribution in [3.63, 3.8) is 0 Å². The van der Waals surface area contributed by atoms with Gasteiger partial charge >= 0.3 is 0 Å². The average molecular weight is 492 g/mol. The first kappa shape index (κ1) is 23.7. The zero-order chi connectivity index (χ0) is 26.1. The van der Waals surface area contributed by atoms with Gasteiger partial charge in [-0.25, -0.2) is 0 Å². The Hall–Kier alpha value is -4.69. The summed E-state index contributed by atoms with van der Waals surface area (Å²) in [7, 11) is 0. The second kappa shape index (κ2) is 9.99. The molecular formula is C36H31N2+. The Morgan fingerprint density at radius 3 is 1.63 bits per heavy atom. The summed E-state index contributed by atoms with van der Waals surface area (Å²) in [6.45, 7) is 6.60. The molecule has 0 radical (unpaired) electrons. The maximum Gasteiger partial charge on any atom is 0.255 e. The predicted molar refractivity (Wildman–Crippen MR) is 158 cm³/mol. The molecule has 0 amide bonds. The van der Waals surface area contributed by atoms with Crippen molar-refractivity contribution < 1.29 is 4.57 Å². The van der Waals surface area contributed by atoms with E-state index >= 15 is 0 Å². The summed E-state index contributed by atoms with van der Waals surface area (Å²) < 4.78 is 4.77. The molecule has 2 nitrogen and oxygen atoms in total. The lowest BCUT2D eigenvalue weighted by Crippen LogP contribution is -2.33. The van der Waals surface area contributed by atoms with Crippen LogP contribution >= 0.6 is 0 Å². The van der Waals surface area contributed by atoms with Crippen LogP contribution in [0, 0.1) is 20.8 Å². The van der Waals surface area contributed by atoms with Crippen LogP contribution < -0.4 is 4.57 Å². The lowest BCUT2D eigenvalue weighted by atomic mass is 10.0. The van der Waals surface area contributed by atoms with E-state index in [4.69, 9.17) is 0 Å². The number of aromatic nitrogens is 2. The van der Waals surface area contributed by atoms with Gasteiger partial charge in [0.1, 0.15) is 11.4 Å². The second-order valence-electron chi connectivity index (χ2n) is 9.92. The van der Waals surface area contributed by atoms with Gasteiger partial charge in [0.2, 0.25) is 0 Å². The van der Waals surface area contributed by atoms with E-state index in [2.05, 4.69) is 164 Å². The molecule has 2 heteroatoms. The van der Waals surface area contributed by atoms with E-state index in [1.54, 1.807) is 0 Å². The molecule has 0 fully saturated rings. The maximum atomic E-state index is 2.39. The molecule has 0 N–H and O–H groups in total. The van der Waals surface area contributed by atoms with Gasteiger partial charge < -0.3 is 0 Å². The molecule has 0 unspecified atom stereocenters. The molecule has 0 aliphatic carbocycles. The molecule has 0 bridgehead atoms. The van der Waals surface area contributed by atoms with Gasteiger partial charge in [-0.1, -0.05) is 127 Å². The molecule has 0 aliphatic heterocycles. The molecule has 184 valence electrons. The fourth-order valence-corrected chi connectivity index (χ4v) is 5.65. The van der Waals surface area contributed by atoms with Crippen molar-refractivity contribution in [3.05, 3.63) is 150 Å². The van der Waals surface area contributed by atoms with Crippen molar-refractivity contribution >= 4 is 0 Å². The highest BCUT2D eigenvalue weighted by molar-refractivity contribution is 5.81. The van der Waals surface area contributed by atoms with Crippen LogP contribution in [-0.4, -0.2) is 4.57 Å². The summed E-state index contributed by atoms with van der Waals surface area (Å²) in [4.78, 5) is 0. The molecule has 0 saturated heterocycles. The van der Waals surface area contributed by atoms with E-state index in [1.807, 2.05) is 0 Å². The summed E-state index contributed by atoms with van der Waals surface area (Å²) >= 11 is 0. The fraction of sp³-hybridized carbons (Fsp3) is 0.0833. The minimum absolute atomic E-state index is 1.15. The van der Waals surface area contributed by atoms with Gasteiger partial charge in [-0.3, -0.25) is 0 Å². The Morgan fingerprint density at radius 2 is 1.03 bits per heavy atom. The molecule has 1 heterocycles. The highest BCUT2D eigenvalue weighted by Gasteiger charge is 2.31. The van der Waals surface area contributed by atoms with Crippen molar-refractivity contribution in [2.45, 2.75) is 20.8 Å². The second-order valence-corrected chi connectivity index (χ2v) is 9.92. The first-order valence-electron chi connectivity index (χ1n) is 13.1. The molecule has 0 aliphatic rings. The topological polar surface area (TPSA) is 8.81 Å². The minimum atomic E-state index is 1.15. The fourth-order valence-electron chi connectivity index (χ4n) is 5.65. The summed E-state index contributed by atoms with van der Waals surface area (Å²) in [5.74, 6) is 0. The van der Waals surface area contributed by atoms with Crippen LogP contribution in [0.2, 0.25) is 0 Å². The third-order valence-electron chi connectivity index (χ3n) is 7.16. The van der Waals surface area contributed by atoms with Crippen LogP contribution in [-0.2, 0) is 0 Å².